The lowest BCUT2D eigenvalue weighted by Gasteiger charge is -2.29. The maximum atomic E-state index is 12.8. The summed E-state index contributed by atoms with van der Waals surface area (Å²) in [5.74, 6) is 0.848. The number of carbonyl (C=O) groups excluding carboxylic acids is 1. The molecule has 3 heteroatoms. The molecule has 19 heavy (non-hydrogen) atoms. The van der Waals surface area contributed by atoms with Gasteiger partial charge in [-0.1, -0.05) is 31.4 Å². The standard InChI is InChI=1S/C16H19ClO2/c1-9-12(18)7-10-8-16(2,11-5-3-4-6-11)15(19)13(10)14(9)17/h7,11,18H,3-6,8H2,1-2H3/t16-/m0/s1. The van der Waals surface area contributed by atoms with E-state index in [4.69, 9.17) is 11.6 Å². The number of fused-ring (bicyclic) bond motifs is 1. The lowest BCUT2D eigenvalue weighted by Crippen LogP contribution is -2.32. The molecule has 0 unspecified atom stereocenters. The number of Topliss-reactive ketones (excluding diaryl/α,β-unsaturated/α-hetero) is 1. The first-order chi connectivity index (χ1) is 8.95. The molecule has 1 N–H and O–H groups in total. The summed E-state index contributed by atoms with van der Waals surface area (Å²) in [6.45, 7) is 3.84. The molecule has 1 saturated carbocycles. The van der Waals surface area contributed by atoms with Gasteiger partial charge >= 0.3 is 0 Å². The number of phenols is 1. The molecule has 0 bridgehead atoms. The van der Waals surface area contributed by atoms with E-state index in [9.17, 15) is 9.90 Å². The largest absolute Gasteiger partial charge is 0.508 e. The molecule has 0 radical (unpaired) electrons. The van der Waals surface area contributed by atoms with Crippen molar-refractivity contribution in [3.05, 3.63) is 27.8 Å². The number of halogens is 1. The third-order valence-electron chi connectivity index (χ3n) is 5.12. The van der Waals surface area contributed by atoms with E-state index in [-0.39, 0.29) is 16.9 Å². The monoisotopic (exact) mass is 278 g/mol. The van der Waals surface area contributed by atoms with E-state index in [2.05, 4.69) is 6.92 Å². The minimum atomic E-state index is -0.317. The Hall–Kier alpha value is -1.02. The van der Waals surface area contributed by atoms with Crippen LogP contribution in [0.2, 0.25) is 5.02 Å². The molecule has 0 aromatic heterocycles. The van der Waals surface area contributed by atoms with Crippen LogP contribution in [0.3, 0.4) is 0 Å². The van der Waals surface area contributed by atoms with Crippen LogP contribution < -0.4 is 0 Å². The maximum absolute atomic E-state index is 12.8. The molecule has 0 aliphatic heterocycles. The zero-order chi connectivity index (χ0) is 13.8. The van der Waals surface area contributed by atoms with E-state index in [1.165, 1.54) is 12.8 Å². The summed E-state index contributed by atoms with van der Waals surface area (Å²) in [5, 5.41) is 10.3. The molecular weight excluding hydrogens is 260 g/mol. The molecule has 0 saturated heterocycles. The van der Waals surface area contributed by atoms with E-state index < -0.39 is 0 Å². The van der Waals surface area contributed by atoms with Crippen LogP contribution in [0.1, 0.15) is 54.1 Å². The Morgan fingerprint density at radius 1 is 1.37 bits per heavy atom. The maximum Gasteiger partial charge on any atom is 0.171 e. The molecule has 1 fully saturated rings. The van der Waals surface area contributed by atoms with Gasteiger partial charge in [-0.15, -0.1) is 0 Å². The van der Waals surface area contributed by atoms with Crippen LogP contribution in [0.15, 0.2) is 6.07 Å². The Kier molecular flexibility index (Phi) is 2.90. The van der Waals surface area contributed by atoms with Crippen LogP contribution in [0.4, 0.5) is 0 Å². The molecule has 1 aromatic carbocycles. The van der Waals surface area contributed by atoms with Crippen LogP contribution in [0, 0.1) is 18.3 Å². The van der Waals surface area contributed by atoms with Gasteiger partial charge in [0.25, 0.3) is 0 Å². The van der Waals surface area contributed by atoms with Gasteiger partial charge in [-0.3, -0.25) is 4.79 Å². The van der Waals surface area contributed by atoms with Crippen LogP contribution in [0.5, 0.6) is 5.75 Å². The van der Waals surface area contributed by atoms with Crippen LogP contribution >= 0.6 is 11.6 Å². The normalized spacial score (nSPS) is 27.0. The van der Waals surface area contributed by atoms with Crippen LogP contribution in [0.25, 0.3) is 0 Å². The highest BCUT2D eigenvalue weighted by atomic mass is 35.5. The molecule has 1 aromatic rings. The van der Waals surface area contributed by atoms with Gasteiger partial charge in [-0.05, 0) is 43.7 Å². The van der Waals surface area contributed by atoms with Gasteiger partial charge in [0.15, 0.2) is 5.78 Å². The zero-order valence-corrected chi connectivity index (χ0v) is 12.2. The molecule has 102 valence electrons. The quantitative estimate of drug-likeness (QED) is 0.832. The third-order valence-corrected chi connectivity index (χ3v) is 5.60. The Balaban J connectivity index is 2.09. The minimum Gasteiger partial charge on any atom is -0.508 e. The zero-order valence-electron chi connectivity index (χ0n) is 11.4. The molecule has 2 aliphatic rings. The summed E-state index contributed by atoms with van der Waals surface area (Å²) >= 11 is 6.29. The summed E-state index contributed by atoms with van der Waals surface area (Å²) in [6, 6.07) is 1.73. The Morgan fingerprint density at radius 2 is 2.00 bits per heavy atom. The predicted molar refractivity (Wildman–Crippen MR) is 76.0 cm³/mol. The van der Waals surface area contributed by atoms with Crippen molar-refractivity contribution in [3.63, 3.8) is 0 Å². The molecule has 2 nitrogen and oxygen atoms in total. The van der Waals surface area contributed by atoms with E-state index in [0.29, 0.717) is 22.1 Å². The molecule has 0 amide bonds. The topological polar surface area (TPSA) is 37.3 Å². The molecule has 0 heterocycles. The molecule has 0 spiro atoms. The van der Waals surface area contributed by atoms with Crippen molar-refractivity contribution in [1.29, 1.82) is 0 Å². The number of aromatic hydroxyl groups is 1. The Morgan fingerprint density at radius 3 is 2.63 bits per heavy atom. The fourth-order valence-electron chi connectivity index (χ4n) is 3.83. The average molecular weight is 279 g/mol. The fourth-order valence-corrected chi connectivity index (χ4v) is 4.13. The number of ketones is 1. The highest BCUT2D eigenvalue weighted by Gasteiger charge is 2.48. The fraction of sp³-hybridized carbons (Fsp3) is 0.562. The second-order valence-corrected chi connectivity index (χ2v) is 6.65. The lowest BCUT2D eigenvalue weighted by molar-refractivity contribution is 0.0744. The van der Waals surface area contributed by atoms with Crippen molar-refractivity contribution in [3.8, 4) is 5.75 Å². The average Bonchev–Trinajstić information content (AvgIpc) is 2.96. The van der Waals surface area contributed by atoms with Gasteiger partial charge in [0.1, 0.15) is 5.75 Å². The van der Waals surface area contributed by atoms with Crippen molar-refractivity contribution in [1.82, 2.24) is 0 Å². The van der Waals surface area contributed by atoms with Crippen molar-refractivity contribution in [2.45, 2.75) is 46.0 Å². The van der Waals surface area contributed by atoms with E-state index in [1.807, 2.05) is 0 Å². The van der Waals surface area contributed by atoms with Crippen LogP contribution in [-0.2, 0) is 6.42 Å². The van der Waals surface area contributed by atoms with E-state index >= 15 is 0 Å². The third kappa shape index (κ3) is 1.73. The van der Waals surface area contributed by atoms with Gasteiger partial charge in [0.05, 0.1) is 5.02 Å². The number of carbonyl (C=O) groups is 1. The predicted octanol–water partition coefficient (Wildman–Crippen LogP) is 4.29. The lowest BCUT2D eigenvalue weighted by atomic mass is 9.73. The van der Waals surface area contributed by atoms with Crippen molar-refractivity contribution in [2.24, 2.45) is 11.3 Å². The molecular formula is C16H19ClO2. The van der Waals surface area contributed by atoms with Gasteiger partial charge in [0.2, 0.25) is 0 Å². The number of hydrogen-bond acceptors (Lipinski definition) is 2. The second kappa shape index (κ2) is 4.24. The number of benzene rings is 1. The highest BCUT2D eigenvalue weighted by Crippen LogP contribution is 2.51. The van der Waals surface area contributed by atoms with Crippen molar-refractivity contribution >= 4 is 17.4 Å². The first-order valence-electron chi connectivity index (χ1n) is 7.01. The SMILES string of the molecule is Cc1c(O)cc2c(c1Cl)C(=O)[C@](C)(C1CCCC1)C2. The summed E-state index contributed by atoms with van der Waals surface area (Å²) in [6.07, 6.45) is 5.45. The summed E-state index contributed by atoms with van der Waals surface area (Å²) < 4.78 is 0. The summed E-state index contributed by atoms with van der Waals surface area (Å²) in [5.41, 5.74) is 1.88. The molecule has 1 atom stereocenters. The first kappa shape index (κ1) is 13.0. The second-order valence-electron chi connectivity index (χ2n) is 6.27. The van der Waals surface area contributed by atoms with E-state index in [1.54, 1.807) is 13.0 Å². The van der Waals surface area contributed by atoms with Crippen molar-refractivity contribution < 1.29 is 9.90 Å². The van der Waals surface area contributed by atoms with Gasteiger partial charge < -0.3 is 5.11 Å². The minimum absolute atomic E-state index is 0.183. The van der Waals surface area contributed by atoms with E-state index in [0.717, 1.165) is 24.8 Å². The Labute approximate surface area is 118 Å². The first-order valence-corrected chi connectivity index (χ1v) is 7.38. The summed E-state index contributed by atoms with van der Waals surface area (Å²) in [4.78, 5) is 12.8. The Bertz CT molecular complexity index is 558. The van der Waals surface area contributed by atoms with Gasteiger partial charge in [-0.2, -0.15) is 0 Å². The number of rotatable bonds is 1. The van der Waals surface area contributed by atoms with Crippen molar-refractivity contribution in [2.75, 3.05) is 0 Å². The van der Waals surface area contributed by atoms with Crippen LogP contribution in [-0.4, -0.2) is 10.9 Å². The number of phenolic OH excluding ortho intramolecular Hbond substituents is 1. The smallest absolute Gasteiger partial charge is 0.171 e. The highest BCUT2D eigenvalue weighted by molar-refractivity contribution is 6.35. The van der Waals surface area contributed by atoms with Gasteiger partial charge in [0, 0.05) is 16.5 Å². The van der Waals surface area contributed by atoms with Gasteiger partial charge in [-0.25, -0.2) is 0 Å². The number of hydrogen-bond donors (Lipinski definition) is 1. The molecule has 2 aliphatic carbocycles. The summed E-state index contributed by atoms with van der Waals surface area (Å²) in [7, 11) is 0. The molecule has 3 rings (SSSR count).